The van der Waals surface area contributed by atoms with Crippen molar-refractivity contribution < 1.29 is 4.74 Å². The molecule has 0 saturated carbocycles. The third-order valence-electron chi connectivity index (χ3n) is 2.74. The first-order chi connectivity index (χ1) is 7.78. The summed E-state index contributed by atoms with van der Waals surface area (Å²) in [7, 11) is 2.13. The number of aromatic nitrogens is 1. The van der Waals surface area contributed by atoms with Gasteiger partial charge in [-0.1, -0.05) is 6.92 Å². The quantitative estimate of drug-likeness (QED) is 0.866. The summed E-state index contributed by atoms with van der Waals surface area (Å²) in [5, 5.41) is 6.46. The average Bonchev–Trinajstić information content (AvgIpc) is 2.74. The zero-order valence-corrected chi connectivity index (χ0v) is 10.7. The van der Waals surface area contributed by atoms with E-state index < -0.39 is 0 Å². The summed E-state index contributed by atoms with van der Waals surface area (Å²) >= 11 is 1.67. The molecule has 1 aromatic heterocycles. The van der Waals surface area contributed by atoms with Gasteiger partial charge in [-0.05, 0) is 13.5 Å². The molecule has 1 aromatic rings. The average molecular weight is 241 g/mol. The zero-order valence-electron chi connectivity index (χ0n) is 9.90. The van der Waals surface area contributed by atoms with Gasteiger partial charge in [0.15, 0.2) is 5.13 Å². The number of hydrogen-bond acceptors (Lipinski definition) is 5. The molecule has 1 atom stereocenters. The van der Waals surface area contributed by atoms with Crippen molar-refractivity contribution in [2.75, 3.05) is 38.6 Å². The molecule has 2 rings (SSSR count). The van der Waals surface area contributed by atoms with Crippen LogP contribution in [0.2, 0.25) is 0 Å². The lowest BCUT2D eigenvalue weighted by Crippen LogP contribution is -2.43. The molecule has 0 spiro atoms. The van der Waals surface area contributed by atoms with Gasteiger partial charge in [0.2, 0.25) is 0 Å². The van der Waals surface area contributed by atoms with E-state index in [1.807, 2.05) is 0 Å². The normalized spacial score (nSPS) is 22.2. The lowest BCUT2D eigenvalue weighted by atomic mass is 10.3. The smallest absolute Gasteiger partial charge is 0.182 e. The highest BCUT2D eigenvalue weighted by atomic mass is 32.1. The fraction of sp³-hybridized carbons (Fsp3) is 0.727. The van der Waals surface area contributed by atoms with Crippen LogP contribution < -0.4 is 5.32 Å². The van der Waals surface area contributed by atoms with Gasteiger partial charge in [0.05, 0.1) is 18.4 Å². The molecule has 90 valence electrons. The predicted octanol–water partition coefficient (Wildman–Crippen LogP) is 1.45. The molecule has 1 fully saturated rings. The first-order valence-corrected chi connectivity index (χ1v) is 6.64. The molecule has 0 amide bonds. The minimum absolute atomic E-state index is 0.285. The Morgan fingerprint density at radius 2 is 2.56 bits per heavy atom. The summed E-state index contributed by atoms with van der Waals surface area (Å²) in [6.07, 6.45) is 1.29. The topological polar surface area (TPSA) is 37.4 Å². The van der Waals surface area contributed by atoms with Crippen molar-refractivity contribution in [1.82, 2.24) is 9.88 Å². The highest BCUT2D eigenvalue weighted by Gasteiger charge is 2.17. The van der Waals surface area contributed by atoms with Gasteiger partial charge in [0.25, 0.3) is 0 Å². The van der Waals surface area contributed by atoms with Crippen molar-refractivity contribution in [1.29, 1.82) is 0 Å². The number of ether oxygens (including phenoxy) is 1. The Morgan fingerprint density at radius 3 is 3.25 bits per heavy atom. The summed E-state index contributed by atoms with van der Waals surface area (Å²) in [5.41, 5.74) is 1.16. The van der Waals surface area contributed by atoms with Crippen molar-refractivity contribution in [3.63, 3.8) is 0 Å². The molecule has 1 saturated heterocycles. The molecule has 1 aliphatic heterocycles. The molecule has 0 aromatic carbocycles. The third-order valence-corrected chi connectivity index (χ3v) is 3.59. The van der Waals surface area contributed by atoms with Crippen molar-refractivity contribution >= 4 is 16.5 Å². The number of likely N-dealkylation sites (N-methyl/N-ethyl adjacent to an activating group) is 1. The van der Waals surface area contributed by atoms with Crippen LogP contribution in [0, 0.1) is 0 Å². The maximum absolute atomic E-state index is 5.68. The largest absolute Gasteiger partial charge is 0.374 e. The minimum Gasteiger partial charge on any atom is -0.374 e. The van der Waals surface area contributed by atoms with Crippen molar-refractivity contribution in [2.45, 2.75) is 19.4 Å². The lowest BCUT2D eigenvalue weighted by molar-refractivity contribution is -0.0117. The summed E-state index contributed by atoms with van der Waals surface area (Å²) in [6, 6.07) is 0. The van der Waals surface area contributed by atoms with Gasteiger partial charge in [0, 0.05) is 25.0 Å². The Bertz CT molecular complexity index is 329. The predicted molar refractivity (Wildman–Crippen MR) is 67.2 cm³/mol. The van der Waals surface area contributed by atoms with Crippen molar-refractivity contribution in [2.24, 2.45) is 0 Å². The summed E-state index contributed by atoms with van der Waals surface area (Å²) in [6.45, 7) is 5.84. The molecule has 0 aliphatic carbocycles. The number of morpholine rings is 1. The van der Waals surface area contributed by atoms with Gasteiger partial charge in [-0.2, -0.15) is 0 Å². The van der Waals surface area contributed by atoms with Crippen molar-refractivity contribution in [3.8, 4) is 0 Å². The molecule has 16 heavy (non-hydrogen) atoms. The summed E-state index contributed by atoms with van der Waals surface area (Å²) < 4.78 is 5.68. The monoisotopic (exact) mass is 241 g/mol. The second-order valence-electron chi connectivity index (χ2n) is 4.13. The number of anilines is 1. The van der Waals surface area contributed by atoms with E-state index in [9.17, 15) is 0 Å². The number of aryl methyl sites for hydroxylation is 1. The van der Waals surface area contributed by atoms with Crippen LogP contribution in [0.1, 0.15) is 12.6 Å². The molecule has 1 N–H and O–H groups in total. The van der Waals surface area contributed by atoms with Crippen LogP contribution in [0.25, 0.3) is 0 Å². The highest BCUT2D eigenvalue weighted by molar-refractivity contribution is 7.13. The van der Waals surface area contributed by atoms with E-state index in [-0.39, 0.29) is 6.10 Å². The standard InChI is InChI=1S/C11H19N3OS/c1-3-9-8-16-11(13-9)12-6-10-7-14(2)4-5-15-10/h8,10H,3-7H2,1-2H3,(H,12,13). The zero-order chi connectivity index (χ0) is 11.4. The van der Waals surface area contributed by atoms with E-state index in [2.05, 4.69) is 34.6 Å². The number of rotatable bonds is 4. The second-order valence-corrected chi connectivity index (χ2v) is 4.99. The number of thiazole rings is 1. The molecular weight excluding hydrogens is 222 g/mol. The van der Waals surface area contributed by atoms with Gasteiger partial charge in [-0.15, -0.1) is 11.3 Å². The minimum atomic E-state index is 0.285. The van der Waals surface area contributed by atoms with E-state index in [1.54, 1.807) is 11.3 Å². The van der Waals surface area contributed by atoms with Crippen LogP contribution in [-0.2, 0) is 11.2 Å². The molecule has 0 radical (unpaired) electrons. The molecule has 2 heterocycles. The Kier molecular flexibility index (Phi) is 4.15. The fourth-order valence-electron chi connectivity index (χ4n) is 1.74. The van der Waals surface area contributed by atoms with Crippen molar-refractivity contribution in [3.05, 3.63) is 11.1 Å². The lowest BCUT2D eigenvalue weighted by Gasteiger charge is -2.29. The van der Waals surface area contributed by atoms with Crippen LogP contribution in [0.5, 0.6) is 0 Å². The van der Waals surface area contributed by atoms with Gasteiger partial charge < -0.3 is 15.0 Å². The van der Waals surface area contributed by atoms with E-state index in [0.717, 1.165) is 43.5 Å². The first-order valence-electron chi connectivity index (χ1n) is 5.76. The van der Waals surface area contributed by atoms with Gasteiger partial charge in [-0.25, -0.2) is 4.98 Å². The summed E-state index contributed by atoms with van der Waals surface area (Å²) in [4.78, 5) is 6.77. The molecular formula is C11H19N3OS. The number of nitrogens with zero attached hydrogens (tertiary/aromatic N) is 2. The fourth-order valence-corrected chi connectivity index (χ4v) is 2.55. The third kappa shape index (κ3) is 3.17. The molecule has 5 heteroatoms. The maximum atomic E-state index is 5.68. The molecule has 1 aliphatic rings. The SMILES string of the molecule is CCc1csc(NCC2CN(C)CCO2)n1. The van der Waals surface area contributed by atoms with Gasteiger partial charge in [0.1, 0.15) is 0 Å². The van der Waals surface area contributed by atoms with Gasteiger partial charge in [-0.3, -0.25) is 0 Å². The second kappa shape index (κ2) is 5.61. The first kappa shape index (κ1) is 11.8. The van der Waals surface area contributed by atoms with Gasteiger partial charge >= 0.3 is 0 Å². The van der Waals surface area contributed by atoms with E-state index in [0.29, 0.717) is 0 Å². The Balaban J connectivity index is 1.78. The Hall–Kier alpha value is -0.650. The molecule has 4 nitrogen and oxygen atoms in total. The van der Waals surface area contributed by atoms with Crippen LogP contribution in [0.15, 0.2) is 5.38 Å². The highest BCUT2D eigenvalue weighted by Crippen LogP contribution is 2.16. The van der Waals surface area contributed by atoms with Crippen LogP contribution >= 0.6 is 11.3 Å². The Morgan fingerprint density at radius 1 is 1.69 bits per heavy atom. The van der Waals surface area contributed by atoms with E-state index in [4.69, 9.17) is 4.74 Å². The van der Waals surface area contributed by atoms with Crippen LogP contribution in [0.3, 0.4) is 0 Å². The number of nitrogens with one attached hydrogen (secondary N) is 1. The van der Waals surface area contributed by atoms with Crippen LogP contribution in [-0.4, -0.2) is 49.3 Å². The Labute approximate surface area is 101 Å². The van der Waals surface area contributed by atoms with Crippen LogP contribution in [0.4, 0.5) is 5.13 Å². The molecule has 1 unspecified atom stereocenters. The summed E-state index contributed by atoms with van der Waals surface area (Å²) in [5.74, 6) is 0. The molecule has 0 bridgehead atoms. The maximum Gasteiger partial charge on any atom is 0.182 e. The number of hydrogen-bond donors (Lipinski definition) is 1. The van der Waals surface area contributed by atoms with E-state index >= 15 is 0 Å². The van der Waals surface area contributed by atoms with E-state index in [1.165, 1.54) is 0 Å².